The van der Waals surface area contributed by atoms with E-state index in [1.54, 1.807) is 12.4 Å². The Morgan fingerprint density at radius 2 is 2.00 bits per heavy atom. The van der Waals surface area contributed by atoms with Gasteiger partial charge in [-0.3, -0.25) is 9.78 Å². The van der Waals surface area contributed by atoms with Crippen LogP contribution in [0.1, 0.15) is 11.3 Å². The lowest BCUT2D eigenvalue weighted by atomic mass is 10.1. The SMILES string of the molecule is Cc1[nH]ncc1-c1cnc2[nH]cc(-c3cnn(Cc4ccccc4Cl)c3)c2n1. The van der Waals surface area contributed by atoms with Crippen molar-refractivity contribution in [2.24, 2.45) is 0 Å². The Morgan fingerprint density at radius 1 is 1.11 bits per heavy atom. The maximum Gasteiger partial charge on any atom is 0.156 e. The molecule has 5 rings (SSSR count). The van der Waals surface area contributed by atoms with Crippen molar-refractivity contribution in [1.29, 1.82) is 0 Å². The molecule has 5 aromatic rings. The molecule has 0 atom stereocenters. The molecule has 0 aliphatic rings. The highest BCUT2D eigenvalue weighted by Gasteiger charge is 2.14. The number of aryl methyl sites for hydroxylation is 1. The van der Waals surface area contributed by atoms with Gasteiger partial charge in [0, 0.05) is 39.8 Å². The fourth-order valence-electron chi connectivity index (χ4n) is 3.24. The zero-order valence-electron chi connectivity index (χ0n) is 15.0. The largest absolute Gasteiger partial charge is 0.344 e. The molecule has 0 saturated carbocycles. The normalized spacial score (nSPS) is 11.4. The van der Waals surface area contributed by atoms with Gasteiger partial charge in [0.05, 0.1) is 30.8 Å². The van der Waals surface area contributed by atoms with Gasteiger partial charge in [-0.1, -0.05) is 29.8 Å². The fourth-order valence-corrected chi connectivity index (χ4v) is 3.44. The van der Waals surface area contributed by atoms with Gasteiger partial charge in [0.2, 0.25) is 0 Å². The average molecular weight is 390 g/mol. The number of nitrogens with zero attached hydrogens (tertiary/aromatic N) is 5. The predicted molar refractivity (Wildman–Crippen MR) is 108 cm³/mol. The molecule has 2 N–H and O–H groups in total. The Labute approximate surface area is 165 Å². The highest BCUT2D eigenvalue weighted by Crippen LogP contribution is 2.29. The zero-order valence-corrected chi connectivity index (χ0v) is 15.8. The van der Waals surface area contributed by atoms with E-state index < -0.39 is 0 Å². The summed E-state index contributed by atoms with van der Waals surface area (Å²) >= 11 is 6.27. The number of fused-ring (bicyclic) bond motifs is 1. The van der Waals surface area contributed by atoms with Gasteiger partial charge in [0.1, 0.15) is 5.52 Å². The summed E-state index contributed by atoms with van der Waals surface area (Å²) in [6, 6.07) is 7.78. The number of hydrogen-bond acceptors (Lipinski definition) is 4. The maximum absolute atomic E-state index is 6.27. The molecule has 0 fully saturated rings. The first-order chi connectivity index (χ1) is 13.7. The summed E-state index contributed by atoms with van der Waals surface area (Å²) in [4.78, 5) is 12.5. The lowest BCUT2D eigenvalue weighted by Crippen LogP contribution is -2.00. The first kappa shape index (κ1) is 16.7. The highest BCUT2D eigenvalue weighted by atomic mass is 35.5. The molecule has 28 heavy (non-hydrogen) atoms. The molecule has 0 amide bonds. The summed E-state index contributed by atoms with van der Waals surface area (Å²) in [6.45, 7) is 2.57. The van der Waals surface area contributed by atoms with Crippen molar-refractivity contribution < 1.29 is 0 Å². The van der Waals surface area contributed by atoms with E-state index >= 15 is 0 Å². The van der Waals surface area contributed by atoms with Crippen LogP contribution in [0.5, 0.6) is 0 Å². The van der Waals surface area contributed by atoms with Crippen molar-refractivity contribution in [3.8, 4) is 22.4 Å². The van der Waals surface area contributed by atoms with Gasteiger partial charge in [0.25, 0.3) is 0 Å². The molecule has 0 unspecified atom stereocenters. The summed E-state index contributed by atoms with van der Waals surface area (Å²) in [5, 5.41) is 12.2. The van der Waals surface area contributed by atoms with Crippen LogP contribution in [0.4, 0.5) is 0 Å². The van der Waals surface area contributed by atoms with E-state index in [1.807, 2.05) is 54.5 Å². The number of rotatable bonds is 4. The third-order valence-corrected chi connectivity index (χ3v) is 5.09. The van der Waals surface area contributed by atoms with Crippen molar-refractivity contribution in [2.45, 2.75) is 13.5 Å². The van der Waals surface area contributed by atoms with E-state index in [-0.39, 0.29) is 0 Å². The van der Waals surface area contributed by atoms with Crippen LogP contribution in [0.2, 0.25) is 5.02 Å². The smallest absolute Gasteiger partial charge is 0.156 e. The van der Waals surface area contributed by atoms with Crippen LogP contribution in [-0.2, 0) is 6.54 Å². The van der Waals surface area contributed by atoms with Crippen LogP contribution in [0.15, 0.2) is 55.2 Å². The van der Waals surface area contributed by atoms with Gasteiger partial charge in [-0.25, -0.2) is 9.97 Å². The van der Waals surface area contributed by atoms with Gasteiger partial charge in [-0.2, -0.15) is 10.2 Å². The Balaban J connectivity index is 1.52. The second-order valence-electron chi connectivity index (χ2n) is 6.58. The van der Waals surface area contributed by atoms with Crippen molar-refractivity contribution in [3.63, 3.8) is 0 Å². The van der Waals surface area contributed by atoms with E-state index in [9.17, 15) is 0 Å². The van der Waals surface area contributed by atoms with Gasteiger partial charge in [-0.05, 0) is 18.6 Å². The first-order valence-corrected chi connectivity index (χ1v) is 9.17. The fraction of sp³-hybridized carbons (Fsp3) is 0.100. The molecule has 0 saturated heterocycles. The summed E-state index contributed by atoms with van der Waals surface area (Å²) < 4.78 is 1.87. The first-order valence-electron chi connectivity index (χ1n) is 8.80. The van der Waals surface area contributed by atoms with Crippen molar-refractivity contribution in [3.05, 3.63) is 71.5 Å². The lowest BCUT2D eigenvalue weighted by molar-refractivity contribution is 0.687. The number of hydrogen-bond donors (Lipinski definition) is 2. The Kier molecular flexibility index (Phi) is 3.95. The van der Waals surface area contributed by atoms with Gasteiger partial charge >= 0.3 is 0 Å². The predicted octanol–water partition coefficient (Wildman–Crippen LogP) is 4.22. The third kappa shape index (κ3) is 2.86. The zero-order chi connectivity index (χ0) is 19.1. The number of halogens is 1. The Bertz CT molecular complexity index is 1280. The number of aromatic amines is 2. The molecule has 1 aromatic carbocycles. The monoisotopic (exact) mass is 389 g/mol. The third-order valence-electron chi connectivity index (χ3n) is 4.72. The number of benzene rings is 1. The highest BCUT2D eigenvalue weighted by molar-refractivity contribution is 6.31. The summed E-state index contributed by atoms with van der Waals surface area (Å²) in [5.74, 6) is 0. The minimum atomic E-state index is 0.604. The average Bonchev–Trinajstić information content (AvgIpc) is 3.42. The number of nitrogens with one attached hydrogen (secondary N) is 2. The van der Waals surface area contributed by atoms with E-state index in [0.29, 0.717) is 6.54 Å². The van der Waals surface area contributed by atoms with Crippen molar-refractivity contribution >= 4 is 22.8 Å². The molecule has 4 heterocycles. The Morgan fingerprint density at radius 3 is 2.82 bits per heavy atom. The number of H-pyrrole nitrogens is 2. The van der Waals surface area contributed by atoms with Crippen molar-refractivity contribution in [1.82, 2.24) is 34.9 Å². The van der Waals surface area contributed by atoms with Crippen LogP contribution in [0.25, 0.3) is 33.5 Å². The van der Waals surface area contributed by atoms with E-state index in [0.717, 1.165) is 49.8 Å². The molecule has 138 valence electrons. The molecular weight excluding hydrogens is 374 g/mol. The topological polar surface area (TPSA) is 88.1 Å². The molecule has 0 bridgehead atoms. The molecule has 8 heteroatoms. The minimum Gasteiger partial charge on any atom is -0.344 e. The van der Waals surface area contributed by atoms with Gasteiger partial charge < -0.3 is 4.98 Å². The summed E-state index contributed by atoms with van der Waals surface area (Å²) in [5.41, 5.74) is 7.16. The molecule has 0 aliphatic carbocycles. The molecular formula is C20H16ClN7. The maximum atomic E-state index is 6.27. The van der Waals surface area contributed by atoms with E-state index in [4.69, 9.17) is 16.6 Å². The van der Waals surface area contributed by atoms with Gasteiger partial charge in [0.15, 0.2) is 5.65 Å². The van der Waals surface area contributed by atoms with Gasteiger partial charge in [-0.15, -0.1) is 0 Å². The van der Waals surface area contributed by atoms with E-state index in [2.05, 4.69) is 25.3 Å². The minimum absolute atomic E-state index is 0.604. The molecule has 7 nitrogen and oxygen atoms in total. The van der Waals surface area contributed by atoms with Crippen LogP contribution < -0.4 is 0 Å². The van der Waals surface area contributed by atoms with Crippen LogP contribution in [0, 0.1) is 6.92 Å². The van der Waals surface area contributed by atoms with Crippen LogP contribution in [0.3, 0.4) is 0 Å². The molecule has 0 spiro atoms. The van der Waals surface area contributed by atoms with Crippen LogP contribution in [-0.4, -0.2) is 34.9 Å². The van der Waals surface area contributed by atoms with Crippen LogP contribution >= 0.6 is 11.6 Å². The number of aromatic nitrogens is 7. The van der Waals surface area contributed by atoms with Crippen molar-refractivity contribution in [2.75, 3.05) is 0 Å². The lowest BCUT2D eigenvalue weighted by Gasteiger charge is -2.03. The summed E-state index contributed by atoms with van der Waals surface area (Å²) in [6.07, 6.45) is 9.24. The second kappa shape index (κ2) is 6.61. The molecule has 0 radical (unpaired) electrons. The molecule has 4 aromatic heterocycles. The summed E-state index contributed by atoms with van der Waals surface area (Å²) in [7, 11) is 0. The quantitative estimate of drug-likeness (QED) is 0.481. The second-order valence-corrected chi connectivity index (χ2v) is 6.99. The Hall–Kier alpha value is -3.45. The standard InChI is InChI=1S/C20H16ClN7/c1-12-15(8-24-27-12)18-9-23-20-19(26-18)16(7-22-20)14-6-25-28(11-14)10-13-4-2-3-5-17(13)21/h2-9,11H,10H2,1H3,(H,22,23)(H,24,27). The van der Waals surface area contributed by atoms with E-state index in [1.165, 1.54) is 0 Å². The molecule has 0 aliphatic heterocycles.